The largest absolute Gasteiger partial charge is 0.491 e. The predicted octanol–water partition coefficient (Wildman–Crippen LogP) is 8.04. The minimum atomic E-state index is -0.131. The zero-order valence-corrected chi connectivity index (χ0v) is 37.1. The van der Waals surface area contributed by atoms with Crippen LogP contribution in [0.1, 0.15) is 110 Å². The Morgan fingerprint density at radius 2 is 0.610 bits per heavy atom. The summed E-state index contributed by atoms with van der Waals surface area (Å²) in [5, 5.41) is 0. The number of ether oxygens (including phenoxy) is 12. The van der Waals surface area contributed by atoms with Crippen molar-refractivity contribution in [3.8, 4) is 5.75 Å². The molecule has 0 aliphatic rings. The van der Waals surface area contributed by atoms with E-state index in [1.165, 1.54) is 83.5 Å². The highest BCUT2D eigenvalue weighted by Gasteiger charge is 2.03. The van der Waals surface area contributed by atoms with Gasteiger partial charge >= 0.3 is 5.97 Å². The fraction of sp³-hybridized carbons (Fsp3) is 0.848. The summed E-state index contributed by atoms with van der Waals surface area (Å²) in [6.45, 7) is 13.0. The Morgan fingerprint density at radius 1 is 0.339 bits per heavy atom. The topological polar surface area (TPSA) is 128 Å². The van der Waals surface area contributed by atoms with Gasteiger partial charge in [0.05, 0.1) is 132 Å². The van der Waals surface area contributed by atoms with Gasteiger partial charge < -0.3 is 56.8 Å². The summed E-state index contributed by atoms with van der Waals surface area (Å²) in [6, 6.07) is 9.68. The molecule has 0 atom stereocenters. The number of para-hydroxylation sites is 1. The number of carbonyl (C=O) groups excluding carboxylic acids is 1. The molecule has 13 nitrogen and oxygen atoms in total. The second kappa shape index (κ2) is 48.8. The van der Waals surface area contributed by atoms with Crippen molar-refractivity contribution < 1.29 is 61.6 Å². The molecule has 59 heavy (non-hydrogen) atoms. The molecular formula is C46H84O13. The molecule has 346 valence electrons. The molecule has 0 amide bonds. The molecule has 0 saturated carbocycles. The van der Waals surface area contributed by atoms with Crippen molar-refractivity contribution in [1.82, 2.24) is 0 Å². The van der Waals surface area contributed by atoms with Crippen LogP contribution in [0.5, 0.6) is 5.75 Å². The second-order valence-corrected chi connectivity index (χ2v) is 14.2. The predicted molar refractivity (Wildman–Crippen MR) is 231 cm³/mol. The first-order chi connectivity index (χ1) is 29.3. The third kappa shape index (κ3) is 45.4. The van der Waals surface area contributed by atoms with Gasteiger partial charge in [0.25, 0.3) is 0 Å². The SMILES string of the molecule is CCCCCCCCCCCCCCCCCC(=O)OCCOCCOCCOCCOCCOCCOCCOCCOCCOCCOCCOc1ccccc1. The van der Waals surface area contributed by atoms with Gasteiger partial charge in [-0.3, -0.25) is 4.79 Å². The molecule has 0 spiro atoms. The van der Waals surface area contributed by atoms with Crippen molar-refractivity contribution in [2.75, 3.05) is 145 Å². The molecule has 0 fully saturated rings. The van der Waals surface area contributed by atoms with Crippen molar-refractivity contribution >= 4 is 5.97 Å². The molecule has 0 unspecified atom stereocenters. The molecule has 0 saturated heterocycles. The monoisotopic (exact) mass is 845 g/mol. The van der Waals surface area contributed by atoms with Gasteiger partial charge in [-0.2, -0.15) is 0 Å². The first kappa shape index (κ1) is 55.1. The van der Waals surface area contributed by atoms with Gasteiger partial charge in [-0.1, -0.05) is 115 Å². The lowest BCUT2D eigenvalue weighted by Crippen LogP contribution is -2.15. The fourth-order valence-electron chi connectivity index (χ4n) is 5.74. The van der Waals surface area contributed by atoms with Crippen LogP contribution in [-0.4, -0.2) is 151 Å². The summed E-state index contributed by atoms with van der Waals surface area (Å²) >= 11 is 0. The van der Waals surface area contributed by atoms with E-state index in [2.05, 4.69) is 6.92 Å². The lowest BCUT2D eigenvalue weighted by Gasteiger charge is -2.09. The molecular weight excluding hydrogens is 760 g/mol. The zero-order chi connectivity index (χ0) is 42.0. The van der Waals surface area contributed by atoms with Gasteiger partial charge in [-0.25, -0.2) is 0 Å². The van der Waals surface area contributed by atoms with E-state index in [-0.39, 0.29) is 12.6 Å². The lowest BCUT2D eigenvalue weighted by molar-refractivity contribution is -0.145. The number of hydrogen-bond acceptors (Lipinski definition) is 13. The van der Waals surface area contributed by atoms with Gasteiger partial charge in [0.1, 0.15) is 19.0 Å². The summed E-state index contributed by atoms with van der Waals surface area (Å²) in [4.78, 5) is 11.9. The van der Waals surface area contributed by atoms with Gasteiger partial charge in [0.2, 0.25) is 0 Å². The quantitative estimate of drug-likeness (QED) is 0.0464. The Hall–Kier alpha value is -1.91. The van der Waals surface area contributed by atoms with Gasteiger partial charge in [0, 0.05) is 6.42 Å². The Kier molecular flexibility index (Phi) is 45.5. The summed E-state index contributed by atoms with van der Waals surface area (Å²) in [5.41, 5.74) is 0. The number of carbonyl (C=O) groups is 1. The van der Waals surface area contributed by atoms with E-state index in [4.69, 9.17) is 56.8 Å². The summed E-state index contributed by atoms with van der Waals surface area (Å²) in [5.74, 6) is 0.712. The molecule has 1 rings (SSSR count). The number of benzene rings is 1. The Bertz CT molecular complexity index is 943. The summed E-state index contributed by atoms with van der Waals surface area (Å²) < 4.78 is 65.8. The second-order valence-electron chi connectivity index (χ2n) is 14.2. The molecule has 0 heterocycles. The van der Waals surface area contributed by atoms with Crippen LogP contribution in [0.4, 0.5) is 0 Å². The number of unbranched alkanes of at least 4 members (excludes halogenated alkanes) is 14. The van der Waals surface area contributed by atoms with E-state index in [9.17, 15) is 4.79 Å². The highest BCUT2D eigenvalue weighted by Crippen LogP contribution is 2.14. The smallest absolute Gasteiger partial charge is 0.305 e. The zero-order valence-electron chi connectivity index (χ0n) is 37.1. The van der Waals surface area contributed by atoms with E-state index in [1.54, 1.807) is 0 Å². The summed E-state index contributed by atoms with van der Waals surface area (Å²) in [6.07, 6.45) is 20.2. The Labute approximate surface area is 358 Å². The number of hydrogen-bond donors (Lipinski definition) is 0. The molecule has 0 aliphatic carbocycles. The van der Waals surface area contributed by atoms with Crippen molar-refractivity contribution in [3.05, 3.63) is 30.3 Å². The average Bonchev–Trinajstić information content (AvgIpc) is 3.25. The minimum Gasteiger partial charge on any atom is -0.491 e. The van der Waals surface area contributed by atoms with Crippen LogP contribution < -0.4 is 4.74 Å². The highest BCUT2D eigenvalue weighted by atomic mass is 16.6. The van der Waals surface area contributed by atoms with Crippen LogP contribution in [-0.2, 0) is 56.9 Å². The van der Waals surface area contributed by atoms with E-state index in [0.717, 1.165) is 18.6 Å². The maximum Gasteiger partial charge on any atom is 0.305 e. The third-order valence-corrected chi connectivity index (χ3v) is 9.06. The molecule has 0 radical (unpaired) electrons. The van der Waals surface area contributed by atoms with Crippen LogP contribution in [0.3, 0.4) is 0 Å². The van der Waals surface area contributed by atoms with Crippen LogP contribution >= 0.6 is 0 Å². The van der Waals surface area contributed by atoms with Crippen molar-refractivity contribution in [3.63, 3.8) is 0 Å². The number of esters is 1. The summed E-state index contributed by atoms with van der Waals surface area (Å²) in [7, 11) is 0. The molecule has 0 aromatic heterocycles. The Balaban J connectivity index is 1.63. The van der Waals surface area contributed by atoms with Crippen LogP contribution in [0.15, 0.2) is 30.3 Å². The van der Waals surface area contributed by atoms with Gasteiger partial charge in [-0.15, -0.1) is 0 Å². The maximum absolute atomic E-state index is 11.9. The van der Waals surface area contributed by atoms with E-state index in [0.29, 0.717) is 145 Å². The van der Waals surface area contributed by atoms with Gasteiger partial charge in [-0.05, 0) is 18.6 Å². The standard InChI is InChI=1S/C46H84O13/c1-2-3-4-5-6-7-8-9-10-11-12-13-14-15-19-22-46(47)59-44-42-57-40-38-55-36-34-53-32-30-51-28-26-49-24-23-48-25-27-50-29-31-52-33-35-54-37-39-56-41-43-58-45-20-17-16-18-21-45/h16-18,20-21H,2-15,19,22-44H2,1H3. The van der Waals surface area contributed by atoms with E-state index >= 15 is 0 Å². The fourth-order valence-corrected chi connectivity index (χ4v) is 5.74. The molecule has 1 aromatic rings. The third-order valence-electron chi connectivity index (χ3n) is 9.06. The molecule has 0 bridgehead atoms. The van der Waals surface area contributed by atoms with Crippen molar-refractivity contribution in [1.29, 1.82) is 0 Å². The Morgan fingerprint density at radius 3 is 0.932 bits per heavy atom. The van der Waals surface area contributed by atoms with E-state index in [1.807, 2.05) is 30.3 Å². The van der Waals surface area contributed by atoms with E-state index < -0.39 is 0 Å². The van der Waals surface area contributed by atoms with Crippen LogP contribution in [0.2, 0.25) is 0 Å². The minimum absolute atomic E-state index is 0.131. The highest BCUT2D eigenvalue weighted by molar-refractivity contribution is 5.69. The van der Waals surface area contributed by atoms with Gasteiger partial charge in [0.15, 0.2) is 0 Å². The molecule has 1 aromatic carbocycles. The first-order valence-electron chi connectivity index (χ1n) is 22.9. The number of rotatable bonds is 50. The normalized spacial score (nSPS) is 11.4. The van der Waals surface area contributed by atoms with Crippen molar-refractivity contribution in [2.45, 2.75) is 110 Å². The van der Waals surface area contributed by atoms with Crippen LogP contribution in [0, 0.1) is 0 Å². The lowest BCUT2D eigenvalue weighted by atomic mass is 10.0. The van der Waals surface area contributed by atoms with Crippen molar-refractivity contribution in [2.24, 2.45) is 0 Å². The molecule has 0 N–H and O–H groups in total. The maximum atomic E-state index is 11.9. The molecule has 0 aliphatic heterocycles. The average molecular weight is 845 g/mol. The molecule has 13 heteroatoms. The van der Waals surface area contributed by atoms with Crippen LogP contribution in [0.25, 0.3) is 0 Å². The first-order valence-corrected chi connectivity index (χ1v) is 22.9.